The zero-order chi connectivity index (χ0) is 13.9. The Bertz CT molecular complexity index is 448. The topological polar surface area (TPSA) is 41.1 Å². The number of rotatable bonds is 3. The molecule has 0 saturated carbocycles. The molecule has 0 aliphatic heterocycles. The van der Waals surface area contributed by atoms with Crippen molar-refractivity contribution >= 4 is 5.91 Å². The van der Waals surface area contributed by atoms with Crippen LogP contribution >= 0.6 is 0 Å². The lowest BCUT2D eigenvalue weighted by Gasteiger charge is -2.27. The highest BCUT2D eigenvalue weighted by atomic mass is 16.2. The van der Waals surface area contributed by atoms with E-state index >= 15 is 0 Å². The molecule has 0 bridgehead atoms. The molecule has 0 spiro atoms. The number of hydrogen-bond acceptors (Lipinski definition) is 2. The molecule has 3 heteroatoms. The minimum atomic E-state index is -0.0260. The predicted molar refractivity (Wildman–Crippen MR) is 78.0 cm³/mol. The van der Waals surface area contributed by atoms with E-state index in [2.05, 4.69) is 55.7 Å². The molecule has 0 heterocycles. The maximum absolute atomic E-state index is 12.0. The lowest BCUT2D eigenvalue weighted by molar-refractivity contribution is -0.121. The first-order valence-corrected chi connectivity index (χ1v) is 7.08. The third-order valence-electron chi connectivity index (χ3n) is 3.48. The van der Waals surface area contributed by atoms with E-state index in [9.17, 15) is 4.79 Å². The SMILES string of the molecule is CC(C)(C)NCC(=O)NC1CCCc2ccccc21. The fraction of sp³-hybridized carbons (Fsp3) is 0.562. The smallest absolute Gasteiger partial charge is 0.234 e. The summed E-state index contributed by atoms with van der Waals surface area (Å²) < 4.78 is 0. The van der Waals surface area contributed by atoms with E-state index in [4.69, 9.17) is 0 Å². The predicted octanol–water partition coefficient (Wildman–Crippen LogP) is 2.57. The average Bonchev–Trinajstić information content (AvgIpc) is 2.36. The number of hydrogen-bond donors (Lipinski definition) is 2. The first-order valence-electron chi connectivity index (χ1n) is 7.08. The normalized spacial score (nSPS) is 18.8. The fourth-order valence-electron chi connectivity index (χ4n) is 2.49. The molecule has 2 N–H and O–H groups in total. The van der Waals surface area contributed by atoms with E-state index in [1.54, 1.807) is 0 Å². The zero-order valence-corrected chi connectivity index (χ0v) is 12.1. The van der Waals surface area contributed by atoms with Gasteiger partial charge < -0.3 is 10.6 Å². The average molecular weight is 260 g/mol. The van der Waals surface area contributed by atoms with Gasteiger partial charge in [0.2, 0.25) is 5.91 Å². The first-order chi connectivity index (χ1) is 8.96. The van der Waals surface area contributed by atoms with E-state index in [1.165, 1.54) is 11.1 Å². The van der Waals surface area contributed by atoms with Crippen LogP contribution in [0.25, 0.3) is 0 Å². The minimum absolute atomic E-state index is 0.0260. The van der Waals surface area contributed by atoms with Crippen LogP contribution in [0, 0.1) is 0 Å². The van der Waals surface area contributed by atoms with Crippen molar-refractivity contribution in [2.75, 3.05) is 6.54 Å². The molecular formula is C16H24N2O. The molecule has 19 heavy (non-hydrogen) atoms. The van der Waals surface area contributed by atoms with Crippen molar-refractivity contribution < 1.29 is 4.79 Å². The van der Waals surface area contributed by atoms with Crippen LogP contribution in [-0.2, 0) is 11.2 Å². The summed E-state index contributed by atoms with van der Waals surface area (Å²) in [5.74, 6) is 0.0802. The van der Waals surface area contributed by atoms with Crippen LogP contribution in [0.5, 0.6) is 0 Å². The summed E-state index contributed by atoms with van der Waals surface area (Å²) in [6.07, 6.45) is 3.32. The largest absolute Gasteiger partial charge is 0.348 e. The first kappa shape index (κ1) is 14.1. The number of carbonyl (C=O) groups excluding carboxylic acids is 1. The highest BCUT2D eigenvalue weighted by Gasteiger charge is 2.21. The third-order valence-corrected chi connectivity index (χ3v) is 3.48. The number of fused-ring (bicyclic) bond motifs is 1. The second-order valence-corrected chi connectivity index (χ2v) is 6.31. The second kappa shape index (κ2) is 5.74. The Balaban J connectivity index is 1.95. The van der Waals surface area contributed by atoms with Crippen molar-refractivity contribution in [1.29, 1.82) is 0 Å². The van der Waals surface area contributed by atoms with Crippen molar-refractivity contribution in [2.24, 2.45) is 0 Å². The number of amides is 1. The second-order valence-electron chi connectivity index (χ2n) is 6.31. The van der Waals surface area contributed by atoms with Crippen LogP contribution in [-0.4, -0.2) is 18.0 Å². The monoisotopic (exact) mass is 260 g/mol. The van der Waals surface area contributed by atoms with Crippen LogP contribution in [0.15, 0.2) is 24.3 Å². The molecule has 1 aromatic carbocycles. The van der Waals surface area contributed by atoms with Gasteiger partial charge in [-0.3, -0.25) is 4.79 Å². The highest BCUT2D eigenvalue weighted by Crippen LogP contribution is 2.29. The molecule has 104 valence electrons. The molecule has 1 aliphatic rings. The van der Waals surface area contributed by atoms with Gasteiger partial charge in [-0.15, -0.1) is 0 Å². The molecule has 1 aliphatic carbocycles. The standard InChI is InChI=1S/C16H24N2O/c1-16(2,3)17-11-15(19)18-14-10-6-8-12-7-4-5-9-13(12)14/h4-5,7,9,14,17H,6,8,10-11H2,1-3H3,(H,18,19). The quantitative estimate of drug-likeness (QED) is 0.877. The molecule has 1 aromatic rings. The van der Waals surface area contributed by atoms with Crippen molar-refractivity contribution in [3.63, 3.8) is 0 Å². The Kier molecular flexibility index (Phi) is 4.25. The van der Waals surface area contributed by atoms with Crippen molar-refractivity contribution in [3.8, 4) is 0 Å². The summed E-state index contributed by atoms with van der Waals surface area (Å²) in [5.41, 5.74) is 2.64. The van der Waals surface area contributed by atoms with E-state index in [-0.39, 0.29) is 17.5 Å². The fourth-order valence-corrected chi connectivity index (χ4v) is 2.49. The van der Waals surface area contributed by atoms with Gasteiger partial charge in [0, 0.05) is 5.54 Å². The zero-order valence-electron chi connectivity index (χ0n) is 12.1. The van der Waals surface area contributed by atoms with E-state index in [0.717, 1.165) is 19.3 Å². The van der Waals surface area contributed by atoms with Gasteiger partial charge in [-0.25, -0.2) is 0 Å². The van der Waals surface area contributed by atoms with E-state index in [1.807, 2.05) is 0 Å². The molecule has 0 radical (unpaired) electrons. The molecule has 1 unspecified atom stereocenters. The summed E-state index contributed by atoms with van der Waals surface area (Å²) in [5, 5.41) is 6.37. The van der Waals surface area contributed by atoms with E-state index < -0.39 is 0 Å². The Labute approximate surface area is 115 Å². The van der Waals surface area contributed by atoms with Gasteiger partial charge in [-0.05, 0) is 51.2 Å². The van der Waals surface area contributed by atoms with Crippen LogP contribution < -0.4 is 10.6 Å². The van der Waals surface area contributed by atoms with Crippen LogP contribution in [0.2, 0.25) is 0 Å². The number of nitrogens with one attached hydrogen (secondary N) is 2. The van der Waals surface area contributed by atoms with Crippen molar-refractivity contribution in [1.82, 2.24) is 10.6 Å². The van der Waals surface area contributed by atoms with E-state index in [0.29, 0.717) is 6.54 Å². The van der Waals surface area contributed by atoms with Gasteiger partial charge in [-0.1, -0.05) is 24.3 Å². The molecule has 3 nitrogen and oxygen atoms in total. The maximum Gasteiger partial charge on any atom is 0.234 e. The maximum atomic E-state index is 12.0. The molecule has 0 saturated heterocycles. The Morgan fingerprint density at radius 3 is 2.79 bits per heavy atom. The summed E-state index contributed by atoms with van der Waals surface area (Å²) >= 11 is 0. The molecule has 0 aromatic heterocycles. The molecule has 0 fully saturated rings. The summed E-state index contributed by atoms with van der Waals surface area (Å²) in [7, 11) is 0. The van der Waals surface area contributed by atoms with Crippen molar-refractivity contribution in [2.45, 2.75) is 51.6 Å². The summed E-state index contributed by atoms with van der Waals surface area (Å²) in [4.78, 5) is 12.0. The minimum Gasteiger partial charge on any atom is -0.348 e. The van der Waals surface area contributed by atoms with Gasteiger partial charge in [-0.2, -0.15) is 0 Å². The molecular weight excluding hydrogens is 236 g/mol. The van der Waals surface area contributed by atoms with Gasteiger partial charge in [0.1, 0.15) is 0 Å². The van der Waals surface area contributed by atoms with Crippen molar-refractivity contribution in [3.05, 3.63) is 35.4 Å². The molecule has 1 atom stereocenters. The van der Waals surface area contributed by atoms with Gasteiger partial charge in [0.15, 0.2) is 0 Å². The van der Waals surface area contributed by atoms with Gasteiger partial charge >= 0.3 is 0 Å². The Morgan fingerprint density at radius 2 is 2.05 bits per heavy atom. The van der Waals surface area contributed by atoms with Gasteiger partial charge in [0.05, 0.1) is 12.6 Å². The lowest BCUT2D eigenvalue weighted by Crippen LogP contribution is -2.44. The Hall–Kier alpha value is -1.35. The van der Waals surface area contributed by atoms with Crippen LogP contribution in [0.1, 0.15) is 50.8 Å². The molecule has 1 amide bonds. The summed E-state index contributed by atoms with van der Waals surface area (Å²) in [6.45, 7) is 6.57. The summed E-state index contributed by atoms with van der Waals surface area (Å²) in [6, 6.07) is 8.61. The number of aryl methyl sites for hydroxylation is 1. The third kappa shape index (κ3) is 4.06. The van der Waals surface area contributed by atoms with Gasteiger partial charge in [0.25, 0.3) is 0 Å². The highest BCUT2D eigenvalue weighted by molar-refractivity contribution is 5.78. The van der Waals surface area contributed by atoms with Crippen LogP contribution in [0.3, 0.4) is 0 Å². The Morgan fingerprint density at radius 1 is 1.32 bits per heavy atom. The lowest BCUT2D eigenvalue weighted by atomic mass is 9.88. The van der Waals surface area contributed by atoms with Crippen LogP contribution in [0.4, 0.5) is 0 Å². The molecule has 2 rings (SSSR count). The number of carbonyl (C=O) groups is 1. The number of benzene rings is 1.